The molecule has 34 heavy (non-hydrogen) atoms. The molecule has 2 aliphatic heterocycles. The standard InChI is InChI=1S/C25H27N4O4.H2O/c1-24(2)18-14-16(28(30)31)10-12-20(18)26(5)22(24)8-7-9-23-25(3,4)19-15-17(29(32)33)11-13-21(19)27(23)6;/h7-15H,1-6H3;1H2/q+1;/p-1. The second-order valence-electron chi connectivity index (χ2n) is 9.58. The van der Waals surface area contributed by atoms with Crippen molar-refractivity contribution in [2.75, 3.05) is 19.0 Å². The van der Waals surface area contributed by atoms with Gasteiger partial charge in [-0.1, -0.05) is 19.9 Å². The van der Waals surface area contributed by atoms with Gasteiger partial charge in [0.05, 0.1) is 15.3 Å². The predicted octanol–water partition coefficient (Wildman–Crippen LogP) is 5.20. The highest BCUT2D eigenvalue weighted by atomic mass is 16.6. The number of allylic oxidation sites excluding steroid dienone is 4. The molecule has 2 aromatic rings. The molecular weight excluding hydrogens is 436 g/mol. The Bertz CT molecular complexity index is 1300. The minimum Gasteiger partial charge on any atom is -0.870 e. The highest BCUT2D eigenvalue weighted by molar-refractivity contribution is 6.03. The van der Waals surface area contributed by atoms with Crippen LogP contribution < -0.4 is 4.90 Å². The molecule has 1 N–H and O–H groups in total. The molecular formula is C25H28N4O5. The molecule has 0 aliphatic carbocycles. The fraction of sp³-hybridized carbons (Fsp3) is 0.320. The van der Waals surface area contributed by atoms with Gasteiger partial charge in [-0.3, -0.25) is 20.2 Å². The topological polar surface area (TPSA) is 123 Å². The fourth-order valence-corrected chi connectivity index (χ4v) is 5.11. The molecule has 0 saturated carbocycles. The number of anilines is 1. The van der Waals surface area contributed by atoms with Gasteiger partial charge >= 0.3 is 0 Å². The second-order valence-corrected chi connectivity index (χ2v) is 9.58. The highest BCUT2D eigenvalue weighted by Gasteiger charge is 2.44. The smallest absolute Gasteiger partial charge is 0.270 e. The summed E-state index contributed by atoms with van der Waals surface area (Å²) in [5, 5.41) is 22.5. The monoisotopic (exact) mass is 464 g/mol. The van der Waals surface area contributed by atoms with Crippen molar-refractivity contribution in [2.24, 2.45) is 0 Å². The van der Waals surface area contributed by atoms with E-state index in [4.69, 9.17) is 0 Å². The third-order valence-corrected chi connectivity index (χ3v) is 6.96. The summed E-state index contributed by atoms with van der Waals surface area (Å²) in [5.41, 5.74) is 5.19. The number of likely N-dealkylation sites (N-methyl/N-ethyl adjacent to an activating group) is 1. The average molecular weight is 465 g/mol. The van der Waals surface area contributed by atoms with Crippen LogP contribution >= 0.6 is 0 Å². The highest BCUT2D eigenvalue weighted by Crippen LogP contribution is 2.48. The van der Waals surface area contributed by atoms with Gasteiger partial charge in [0.1, 0.15) is 7.05 Å². The molecule has 0 atom stereocenters. The van der Waals surface area contributed by atoms with Crippen LogP contribution in [-0.4, -0.2) is 39.7 Å². The summed E-state index contributed by atoms with van der Waals surface area (Å²) in [6, 6.07) is 9.97. The van der Waals surface area contributed by atoms with E-state index < -0.39 is 10.8 Å². The zero-order valence-corrected chi connectivity index (χ0v) is 20.1. The largest absolute Gasteiger partial charge is 0.870 e. The molecule has 0 unspecified atom stereocenters. The lowest BCUT2D eigenvalue weighted by atomic mass is 9.81. The van der Waals surface area contributed by atoms with Crippen LogP contribution in [0.1, 0.15) is 38.8 Å². The van der Waals surface area contributed by atoms with E-state index in [0.717, 1.165) is 33.9 Å². The van der Waals surface area contributed by atoms with Gasteiger partial charge in [0.15, 0.2) is 5.71 Å². The third-order valence-electron chi connectivity index (χ3n) is 6.96. The quantitative estimate of drug-likeness (QED) is 0.348. The molecule has 0 amide bonds. The van der Waals surface area contributed by atoms with Crippen LogP contribution in [-0.2, 0) is 10.8 Å². The Morgan fingerprint density at radius 3 is 2.06 bits per heavy atom. The van der Waals surface area contributed by atoms with Crippen LogP contribution in [0, 0.1) is 20.2 Å². The van der Waals surface area contributed by atoms with Gasteiger partial charge in [-0.05, 0) is 31.6 Å². The molecule has 9 nitrogen and oxygen atoms in total. The Hall–Kier alpha value is -3.85. The van der Waals surface area contributed by atoms with Crippen molar-refractivity contribution < 1.29 is 19.9 Å². The molecule has 0 radical (unpaired) electrons. The number of nitrogens with zero attached hydrogens (tertiary/aromatic N) is 4. The van der Waals surface area contributed by atoms with Crippen LogP contribution in [0.15, 0.2) is 60.3 Å². The van der Waals surface area contributed by atoms with Crippen molar-refractivity contribution in [1.82, 2.24) is 0 Å². The maximum Gasteiger partial charge on any atom is 0.270 e. The summed E-state index contributed by atoms with van der Waals surface area (Å²) in [7, 11) is 3.93. The van der Waals surface area contributed by atoms with Gasteiger partial charge in [-0.15, -0.1) is 0 Å². The van der Waals surface area contributed by atoms with Gasteiger partial charge in [0.2, 0.25) is 5.69 Å². The number of rotatable bonds is 4. The Balaban J connectivity index is 0.00000324. The summed E-state index contributed by atoms with van der Waals surface area (Å²) in [5.74, 6) is 0. The van der Waals surface area contributed by atoms with E-state index in [9.17, 15) is 20.2 Å². The van der Waals surface area contributed by atoms with E-state index in [0.29, 0.717) is 0 Å². The van der Waals surface area contributed by atoms with Gasteiger partial charge < -0.3 is 10.4 Å². The zero-order valence-electron chi connectivity index (χ0n) is 20.1. The number of nitro benzene ring substituents is 2. The van der Waals surface area contributed by atoms with Gasteiger partial charge in [0, 0.05) is 65.8 Å². The lowest BCUT2D eigenvalue weighted by Gasteiger charge is -2.23. The van der Waals surface area contributed by atoms with Crippen LogP contribution in [0.25, 0.3) is 0 Å². The normalized spacial score (nSPS) is 18.8. The number of non-ortho nitro benzene ring substituents is 2. The van der Waals surface area contributed by atoms with E-state index in [-0.39, 0.29) is 26.7 Å². The first-order valence-corrected chi connectivity index (χ1v) is 10.7. The molecule has 0 bridgehead atoms. The minimum absolute atomic E-state index is 0. The summed E-state index contributed by atoms with van der Waals surface area (Å²) >= 11 is 0. The Morgan fingerprint density at radius 1 is 0.912 bits per heavy atom. The van der Waals surface area contributed by atoms with Crippen molar-refractivity contribution in [3.8, 4) is 0 Å². The van der Waals surface area contributed by atoms with Crippen molar-refractivity contribution >= 4 is 28.5 Å². The summed E-state index contributed by atoms with van der Waals surface area (Å²) in [6.45, 7) is 8.25. The summed E-state index contributed by atoms with van der Waals surface area (Å²) < 4.78 is 2.07. The van der Waals surface area contributed by atoms with E-state index in [2.05, 4.69) is 37.2 Å². The first-order valence-electron chi connectivity index (χ1n) is 10.7. The average Bonchev–Trinajstić information content (AvgIpc) is 3.06. The molecule has 2 aliphatic rings. The Labute approximate surface area is 197 Å². The lowest BCUT2D eigenvalue weighted by Crippen LogP contribution is -2.26. The molecule has 4 rings (SSSR count). The van der Waals surface area contributed by atoms with Crippen LogP contribution in [0.5, 0.6) is 0 Å². The van der Waals surface area contributed by atoms with E-state index >= 15 is 0 Å². The fourth-order valence-electron chi connectivity index (χ4n) is 5.11. The molecule has 0 fully saturated rings. The second kappa shape index (κ2) is 8.18. The number of hydrogen-bond acceptors (Lipinski definition) is 6. The first-order chi connectivity index (χ1) is 15.4. The molecule has 0 spiro atoms. The minimum atomic E-state index is -0.397. The van der Waals surface area contributed by atoms with Crippen LogP contribution in [0.4, 0.5) is 22.7 Å². The molecule has 0 saturated heterocycles. The number of hydrogen-bond donors (Lipinski definition) is 0. The van der Waals surface area contributed by atoms with E-state index in [1.807, 2.05) is 32.3 Å². The third kappa shape index (κ3) is 3.58. The SMILES string of the molecule is CN1/C(=C/C=C/C2=[N+](C)c3ccc([N+](=O)[O-])cc3C2(C)C)C(C)(C)c2cc([N+](=O)[O-])ccc21.[OH-]. The predicted molar refractivity (Wildman–Crippen MR) is 131 cm³/mol. The van der Waals surface area contributed by atoms with Crippen molar-refractivity contribution in [1.29, 1.82) is 0 Å². The molecule has 178 valence electrons. The first kappa shape index (κ1) is 24.8. The number of fused-ring (bicyclic) bond motifs is 2. The molecule has 0 aromatic heterocycles. The lowest BCUT2D eigenvalue weighted by molar-refractivity contribution is -0.402. The van der Waals surface area contributed by atoms with Gasteiger partial charge in [-0.25, -0.2) is 0 Å². The maximum atomic E-state index is 11.3. The molecule has 2 heterocycles. The van der Waals surface area contributed by atoms with Crippen LogP contribution in [0.2, 0.25) is 0 Å². The van der Waals surface area contributed by atoms with E-state index in [1.165, 1.54) is 12.1 Å². The van der Waals surface area contributed by atoms with Crippen LogP contribution in [0.3, 0.4) is 0 Å². The summed E-state index contributed by atoms with van der Waals surface area (Å²) in [4.78, 5) is 23.8. The molecule has 9 heteroatoms. The molecule has 2 aromatic carbocycles. The van der Waals surface area contributed by atoms with Crippen molar-refractivity contribution in [2.45, 2.75) is 38.5 Å². The Morgan fingerprint density at radius 2 is 1.47 bits per heavy atom. The van der Waals surface area contributed by atoms with Crippen molar-refractivity contribution in [3.05, 3.63) is 91.7 Å². The maximum absolute atomic E-state index is 11.3. The summed E-state index contributed by atoms with van der Waals surface area (Å²) in [6.07, 6.45) is 6.06. The van der Waals surface area contributed by atoms with Crippen molar-refractivity contribution in [3.63, 3.8) is 0 Å². The van der Waals surface area contributed by atoms with E-state index in [1.54, 1.807) is 24.3 Å². The zero-order chi connectivity index (χ0) is 24.3. The van der Waals surface area contributed by atoms with Gasteiger partial charge in [0.25, 0.3) is 11.4 Å². The van der Waals surface area contributed by atoms with Gasteiger partial charge in [-0.2, -0.15) is 4.58 Å². The Kier molecular flexibility index (Phi) is 5.96. The number of benzene rings is 2. The number of nitro groups is 2.